The Labute approximate surface area is 82.2 Å². The van der Waals surface area contributed by atoms with Crippen molar-refractivity contribution in [2.75, 3.05) is 20.1 Å². The standard InChI is InChI=1S/C5H13N.C3H8.3CH4/c1-4-6(3)5-2;1-3-2;;;/h4-5H2,1-3H3;3H2,1-2H3;3*1H4. The van der Waals surface area contributed by atoms with E-state index < -0.39 is 0 Å². The highest BCUT2D eigenvalue weighted by Gasteiger charge is 1.81. The molecule has 1 nitrogen and oxygen atoms in total. The Morgan fingerprint density at radius 1 is 0.750 bits per heavy atom. The smallest absolute Gasteiger partial charge is 0.00504 e. The van der Waals surface area contributed by atoms with Gasteiger partial charge in [-0.1, -0.05) is 56.4 Å². The average molecular weight is 179 g/mol. The van der Waals surface area contributed by atoms with Crippen LogP contribution in [0.15, 0.2) is 0 Å². The molecule has 0 aromatic carbocycles. The zero-order valence-electron chi connectivity index (χ0n) is 7.57. The molecule has 0 aliphatic rings. The normalized spacial score (nSPS) is 6.50. The maximum atomic E-state index is 2.25. The molecule has 0 radical (unpaired) electrons. The molecule has 0 rings (SSSR count). The minimum absolute atomic E-state index is 0. The molecule has 0 aliphatic carbocycles. The molecule has 0 fully saturated rings. The molecular formula is C11H33N. The van der Waals surface area contributed by atoms with Crippen LogP contribution in [0, 0.1) is 0 Å². The first-order valence-corrected chi connectivity index (χ1v) is 3.91. The van der Waals surface area contributed by atoms with E-state index >= 15 is 0 Å². The number of nitrogens with zero attached hydrogens (tertiary/aromatic N) is 1. The van der Waals surface area contributed by atoms with Crippen molar-refractivity contribution in [3.8, 4) is 0 Å². The Balaban J connectivity index is -0.0000000246. The van der Waals surface area contributed by atoms with Crippen molar-refractivity contribution in [3.05, 3.63) is 0 Å². The quantitative estimate of drug-likeness (QED) is 0.611. The summed E-state index contributed by atoms with van der Waals surface area (Å²) in [5, 5.41) is 0. The Morgan fingerprint density at radius 2 is 0.917 bits per heavy atom. The van der Waals surface area contributed by atoms with Crippen LogP contribution in [0.25, 0.3) is 0 Å². The van der Waals surface area contributed by atoms with Gasteiger partial charge in [-0.2, -0.15) is 0 Å². The monoisotopic (exact) mass is 179 g/mol. The molecular weight excluding hydrogens is 146 g/mol. The van der Waals surface area contributed by atoms with E-state index in [4.69, 9.17) is 0 Å². The molecule has 0 heterocycles. The van der Waals surface area contributed by atoms with Gasteiger partial charge in [0, 0.05) is 0 Å². The molecule has 0 spiro atoms. The third kappa shape index (κ3) is 51.0. The summed E-state index contributed by atoms with van der Waals surface area (Å²) < 4.78 is 0. The largest absolute Gasteiger partial charge is 0.307 e. The minimum atomic E-state index is 0. The molecule has 12 heavy (non-hydrogen) atoms. The van der Waals surface area contributed by atoms with Crippen LogP contribution in [-0.2, 0) is 0 Å². The summed E-state index contributed by atoms with van der Waals surface area (Å²) in [6.45, 7) is 10.9. The lowest BCUT2D eigenvalue weighted by molar-refractivity contribution is 0.373. The van der Waals surface area contributed by atoms with E-state index in [1.165, 1.54) is 6.42 Å². The van der Waals surface area contributed by atoms with Crippen molar-refractivity contribution >= 4 is 0 Å². The third-order valence-electron chi connectivity index (χ3n) is 1.08. The summed E-state index contributed by atoms with van der Waals surface area (Å²) in [5.41, 5.74) is 0. The first-order valence-electron chi connectivity index (χ1n) is 3.91. The molecule has 0 amide bonds. The summed E-state index contributed by atoms with van der Waals surface area (Å²) in [6.07, 6.45) is 1.25. The molecule has 0 unspecified atom stereocenters. The van der Waals surface area contributed by atoms with E-state index in [1.807, 2.05) is 0 Å². The summed E-state index contributed by atoms with van der Waals surface area (Å²) in [4.78, 5) is 2.25. The molecule has 0 aromatic rings. The number of hydrogen-bond acceptors (Lipinski definition) is 1. The predicted molar refractivity (Wildman–Crippen MR) is 65.0 cm³/mol. The van der Waals surface area contributed by atoms with Gasteiger partial charge in [-0.15, -0.1) is 0 Å². The van der Waals surface area contributed by atoms with E-state index in [9.17, 15) is 0 Å². The lowest BCUT2D eigenvalue weighted by Crippen LogP contribution is -2.15. The maximum absolute atomic E-state index is 2.25. The van der Waals surface area contributed by atoms with Crippen LogP contribution in [0.5, 0.6) is 0 Å². The SMILES string of the molecule is C.C.C.CCC.CCN(C)CC. The fourth-order valence-corrected chi connectivity index (χ4v) is 0.224. The Hall–Kier alpha value is -0.0400. The van der Waals surface area contributed by atoms with E-state index in [0.717, 1.165) is 13.1 Å². The Kier molecular flexibility index (Phi) is 75.6. The third-order valence-corrected chi connectivity index (χ3v) is 1.08. The minimum Gasteiger partial charge on any atom is -0.307 e. The molecule has 1 heteroatoms. The Bertz CT molecular complexity index is 32.0. The zero-order valence-corrected chi connectivity index (χ0v) is 7.57. The van der Waals surface area contributed by atoms with Crippen LogP contribution in [0.2, 0.25) is 0 Å². The van der Waals surface area contributed by atoms with Gasteiger partial charge in [-0.25, -0.2) is 0 Å². The summed E-state index contributed by atoms with van der Waals surface area (Å²) in [6, 6.07) is 0. The summed E-state index contributed by atoms with van der Waals surface area (Å²) >= 11 is 0. The highest BCUT2D eigenvalue weighted by molar-refractivity contribution is 4.36. The van der Waals surface area contributed by atoms with Gasteiger partial charge in [0.1, 0.15) is 0 Å². The molecule has 0 bridgehead atoms. The molecule has 0 saturated carbocycles. The van der Waals surface area contributed by atoms with Crippen molar-refractivity contribution in [2.45, 2.75) is 56.4 Å². The molecule has 0 atom stereocenters. The van der Waals surface area contributed by atoms with Crippen LogP contribution in [0.1, 0.15) is 56.4 Å². The van der Waals surface area contributed by atoms with Gasteiger partial charge in [0.25, 0.3) is 0 Å². The summed E-state index contributed by atoms with van der Waals surface area (Å²) in [7, 11) is 2.11. The van der Waals surface area contributed by atoms with E-state index in [2.05, 4.69) is 39.6 Å². The van der Waals surface area contributed by atoms with Crippen molar-refractivity contribution in [3.63, 3.8) is 0 Å². The van der Waals surface area contributed by atoms with Crippen LogP contribution in [0.4, 0.5) is 0 Å². The molecule has 82 valence electrons. The highest BCUT2D eigenvalue weighted by Crippen LogP contribution is 1.73. The number of rotatable bonds is 2. The second kappa shape index (κ2) is 30.6. The fraction of sp³-hybridized carbons (Fsp3) is 1.00. The van der Waals surface area contributed by atoms with Gasteiger partial charge < -0.3 is 4.90 Å². The molecule has 0 aromatic heterocycles. The lowest BCUT2D eigenvalue weighted by Gasteiger charge is -2.07. The zero-order chi connectivity index (χ0) is 7.70. The fourth-order valence-electron chi connectivity index (χ4n) is 0.224. The van der Waals surface area contributed by atoms with Crippen LogP contribution in [-0.4, -0.2) is 25.0 Å². The van der Waals surface area contributed by atoms with Crippen LogP contribution < -0.4 is 0 Å². The van der Waals surface area contributed by atoms with Crippen LogP contribution in [0.3, 0.4) is 0 Å². The Morgan fingerprint density at radius 3 is 0.917 bits per heavy atom. The highest BCUT2D eigenvalue weighted by atomic mass is 15.1. The van der Waals surface area contributed by atoms with Crippen LogP contribution >= 0.6 is 0 Å². The van der Waals surface area contributed by atoms with Gasteiger partial charge >= 0.3 is 0 Å². The first kappa shape index (κ1) is 29.7. The second-order valence-electron chi connectivity index (χ2n) is 2.20. The van der Waals surface area contributed by atoms with E-state index in [0.29, 0.717) is 0 Å². The molecule has 0 saturated heterocycles. The van der Waals surface area contributed by atoms with Crippen molar-refractivity contribution < 1.29 is 0 Å². The topological polar surface area (TPSA) is 3.24 Å². The molecule has 0 N–H and O–H groups in total. The lowest BCUT2D eigenvalue weighted by atomic mass is 10.6. The van der Waals surface area contributed by atoms with E-state index in [-0.39, 0.29) is 22.3 Å². The maximum Gasteiger partial charge on any atom is -0.00504 e. The average Bonchev–Trinajstić information content (AvgIpc) is 1.88. The number of hydrogen-bond donors (Lipinski definition) is 0. The van der Waals surface area contributed by atoms with Gasteiger partial charge in [-0.3, -0.25) is 0 Å². The van der Waals surface area contributed by atoms with Crippen molar-refractivity contribution in [2.24, 2.45) is 0 Å². The van der Waals surface area contributed by atoms with Crippen molar-refractivity contribution in [1.82, 2.24) is 4.90 Å². The van der Waals surface area contributed by atoms with Gasteiger partial charge in [0.15, 0.2) is 0 Å². The van der Waals surface area contributed by atoms with Gasteiger partial charge in [-0.05, 0) is 20.1 Å². The summed E-state index contributed by atoms with van der Waals surface area (Å²) in [5.74, 6) is 0. The van der Waals surface area contributed by atoms with Gasteiger partial charge in [0.2, 0.25) is 0 Å². The van der Waals surface area contributed by atoms with Crippen molar-refractivity contribution in [1.29, 1.82) is 0 Å². The van der Waals surface area contributed by atoms with Gasteiger partial charge in [0.05, 0.1) is 0 Å². The first-order chi connectivity index (χ1) is 4.22. The molecule has 0 aliphatic heterocycles. The second-order valence-corrected chi connectivity index (χ2v) is 2.20. The van der Waals surface area contributed by atoms with E-state index in [1.54, 1.807) is 0 Å². The predicted octanol–water partition coefficient (Wildman–Crippen LogP) is 4.28.